The van der Waals surface area contributed by atoms with Gasteiger partial charge < -0.3 is 15.0 Å². The van der Waals surface area contributed by atoms with Crippen LogP contribution in [0.3, 0.4) is 0 Å². The number of benzene rings is 1. The van der Waals surface area contributed by atoms with Gasteiger partial charge in [0.2, 0.25) is 5.91 Å². The largest absolute Gasteiger partial charge is 0.385 e. The topological polar surface area (TPSA) is 82.1 Å². The number of piperidine rings is 1. The summed E-state index contributed by atoms with van der Waals surface area (Å²) in [6, 6.07) is 7.87. The highest BCUT2D eigenvalue weighted by Gasteiger charge is 2.36. The molecule has 0 spiro atoms. The number of pyridine rings is 1. The first-order valence-corrected chi connectivity index (χ1v) is 8.46. The Kier molecular flexibility index (Phi) is 3.97. The second-order valence-corrected chi connectivity index (χ2v) is 6.57. The summed E-state index contributed by atoms with van der Waals surface area (Å²) in [6.07, 6.45) is 8.18. The van der Waals surface area contributed by atoms with E-state index < -0.39 is 5.60 Å². The monoisotopic (exact) mass is 336 g/mol. The summed E-state index contributed by atoms with van der Waals surface area (Å²) in [7, 11) is 0. The molecular weight excluding hydrogens is 316 g/mol. The lowest BCUT2D eigenvalue weighted by Gasteiger charge is -2.39. The van der Waals surface area contributed by atoms with E-state index in [4.69, 9.17) is 0 Å². The average Bonchev–Trinajstić information content (AvgIpc) is 3.15. The zero-order valence-corrected chi connectivity index (χ0v) is 13.9. The Morgan fingerprint density at radius 1 is 1.20 bits per heavy atom. The second kappa shape index (κ2) is 6.29. The number of carbonyl (C=O) groups excluding carboxylic acids is 1. The minimum absolute atomic E-state index is 0.0634. The van der Waals surface area contributed by atoms with E-state index in [1.165, 1.54) is 0 Å². The van der Waals surface area contributed by atoms with E-state index in [1.54, 1.807) is 18.7 Å². The maximum absolute atomic E-state index is 12.4. The van der Waals surface area contributed by atoms with Crippen LogP contribution in [0.25, 0.3) is 10.8 Å². The summed E-state index contributed by atoms with van der Waals surface area (Å²) in [6.45, 7) is 1.09. The third-order valence-corrected chi connectivity index (χ3v) is 5.02. The van der Waals surface area contributed by atoms with Crippen LogP contribution in [-0.2, 0) is 16.8 Å². The maximum Gasteiger partial charge on any atom is 0.228 e. The van der Waals surface area contributed by atoms with E-state index in [0.717, 1.165) is 22.0 Å². The van der Waals surface area contributed by atoms with Crippen molar-refractivity contribution < 1.29 is 9.90 Å². The predicted octanol–water partition coefficient (Wildman–Crippen LogP) is 2.01. The van der Waals surface area contributed by atoms with Gasteiger partial charge in [-0.15, -0.1) is 0 Å². The van der Waals surface area contributed by atoms with Crippen LogP contribution in [0.1, 0.15) is 24.1 Å². The van der Waals surface area contributed by atoms with E-state index in [2.05, 4.69) is 15.0 Å². The number of hydrogen-bond acceptors (Lipinski definition) is 4. The SMILES string of the molecule is O=C(Cc1cnc[nH]1)N1CCC(O)(c2cccc3cnccc23)CC1. The zero-order valence-electron chi connectivity index (χ0n) is 13.9. The summed E-state index contributed by atoms with van der Waals surface area (Å²) < 4.78 is 0. The Bertz CT molecular complexity index is 878. The van der Waals surface area contributed by atoms with Gasteiger partial charge in [0.05, 0.1) is 18.3 Å². The van der Waals surface area contributed by atoms with Crippen LogP contribution < -0.4 is 0 Å². The Morgan fingerprint density at radius 3 is 2.80 bits per heavy atom. The van der Waals surface area contributed by atoms with Gasteiger partial charge in [0, 0.05) is 42.8 Å². The quantitative estimate of drug-likeness (QED) is 0.766. The second-order valence-electron chi connectivity index (χ2n) is 6.57. The molecule has 1 saturated heterocycles. The number of nitrogens with zero attached hydrogens (tertiary/aromatic N) is 3. The van der Waals surface area contributed by atoms with Gasteiger partial charge in [-0.05, 0) is 29.9 Å². The van der Waals surface area contributed by atoms with Crippen molar-refractivity contribution in [1.82, 2.24) is 19.9 Å². The van der Waals surface area contributed by atoms with E-state index >= 15 is 0 Å². The molecule has 3 aromatic rings. The molecule has 2 aromatic heterocycles. The lowest BCUT2D eigenvalue weighted by Crippen LogP contribution is -2.45. The number of H-pyrrole nitrogens is 1. The molecule has 1 amide bonds. The Labute approximate surface area is 145 Å². The van der Waals surface area contributed by atoms with E-state index in [0.29, 0.717) is 32.4 Å². The summed E-state index contributed by atoms with van der Waals surface area (Å²) >= 11 is 0. The van der Waals surface area contributed by atoms with E-state index in [-0.39, 0.29) is 5.91 Å². The Hall–Kier alpha value is -2.73. The van der Waals surface area contributed by atoms with Gasteiger partial charge in [-0.3, -0.25) is 9.78 Å². The van der Waals surface area contributed by atoms with Crippen LogP contribution in [0.2, 0.25) is 0 Å². The van der Waals surface area contributed by atoms with Gasteiger partial charge in [0.15, 0.2) is 0 Å². The van der Waals surface area contributed by atoms with Gasteiger partial charge >= 0.3 is 0 Å². The van der Waals surface area contributed by atoms with Gasteiger partial charge in [-0.25, -0.2) is 4.98 Å². The first-order chi connectivity index (χ1) is 12.2. The van der Waals surface area contributed by atoms with Gasteiger partial charge in [-0.1, -0.05) is 18.2 Å². The number of amides is 1. The van der Waals surface area contributed by atoms with Crippen molar-refractivity contribution in [2.45, 2.75) is 24.9 Å². The zero-order chi connectivity index (χ0) is 17.3. The summed E-state index contributed by atoms with van der Waals surface area (Å²) in [5.74, 6) is 0.0634. The summed E-state index contributed by atoms with van der Waals surface area (Å²) in [4.78, 5) is 25.3. The Balaban J connectivity index is 1.51. The third kappa shape index (κ3) is 3.00. The van der Waals surface area contributed by atoms with Crippen molar-refractivity contribution >= 4 is 16.7 Å². The van der Waals surface area contributed by atoms with Gasteiger partial charge in [0.1, 0.15) is 0 Å². The molecule has 0 saturated carbocycles. The molecule has 1 aliphatic rings. The molecule has 128 valence electrons. The van der Waals surface area contributed by atoms with Crippen molar-refractivity contribution in [2.75, 3.05) is 13.1 Å². The minimum atomic E-state index is -0.911. The number of fused-ring (bicyclic) bond motifs is 1. The number of hydrogen-bond donors (Lipinski definition) is 2. The molecule has 0 radical (unpaired) electrons. The van der Waals surface area contributed by atoms with Gasteiger partial charge in [-0.2, -0.15) is 0 Å². The smallest absolute Gasteiger partial charge is 0.228 e. The molecule has 25 heavy (non-hydrogen) atoms. The van der Waals surface area contributed by atoms with Crippen LogP contribution in [0.15, 0.2) is 49.2 Å². The molecule has 4 rings (SSSR count). The number of rotatable bonds is 3. The van der Waals surface area contributed by atoms with Crippen LogP contribution in [0.5, 0.6) is 0 Å². The van der Waals surface area contributed by atoms with Crippen LogP contribution >= 0.6 is 0 Å². The first-order valence-electron chi connectivity index (χ1n) is 8.46. The minimum Gasteiger partial charge on any atom is -0.385 e. The summed E-state index contributed by atoms with van der Waals surface area (Å²) in [5.41, 5.74) is 0.825. The van der Waals surface area contributed by atoms with Crippen molar-refractivity contribution in [3.8, 4) is 0 Å². The molecule has 1 aliphatic heterocycles. The van der Waals surface area contributed by atoms with Crippen molar-refractivity contribution in [3.63, 3.8) is 0 Å². The number of aromatic nitrogens is 3. The van der Waals surface area contributed by atoms with Crippen molar-refractivity contribution in [2.24, 2.45) is 0 Å². The lowest BCUT2D eigenvalue weighted by molar-refractivity contribution is -0.135. The molecule has 0 bridgehead atoms. The van der Waals surface area contributed by atoms with Gasteiger partial charge in [0.25, 0.3) is 0 Å². The fourth-order valence-corrected chi connectivity index (χ4v) is 3.58. The van der Waals surface area contributed by atoms with Crippen LogP contribution in [-0.4, -0.2) is 44.0 Å². The number of aromatic amines is 1. The van der Waals surface area contributed by atoms with Crippen molar-refractivity contribution in [3.05, 3.63) is 60.4 Å². The van der Waals surface area contributed by atoms with E-state index in [9.17, 15) is 9.90 Å². The number of likely N-dealkylation sites (tertiary alicyclic amines) is 1. The number of nitrogens with one attached hydrogen (secondary N) is 1. The highest BCUT2D eigenvalue weighted by Crippen LogP contribution is 2.36. The highest BCUT2D eigenvalue weighted by molar-refractivity contribution is 5.85. The molecule has 0 unspecified atom stereocenters. The number of carbonyl (C=O) groups is 1. The number of imidazole rings is 1. The number of aliphatic hydroxyl groups is 1. The third-order valence-electron chi connectivity index (χ3n) is 5.02. The highest BCUT2D eigenvalue weighted by atomic mass is 16.3. The molecule has 0 aliphatic carbocycles. The fourth-order valence-electron chi connectivity index (χ4n) is 3.58. The molecule has 1 aromatic carbocycles. The molecule has 6 heteroatoms. The molecule has 1 fully saturated rings. The Morgan fingerprint density at radius 2 is 2.04 bits per heavy atom. The molecule has 6 nitrogen and oxygen atoms in total. The maximum atomic E-state index is 12.4. The standard InChI is InChI=1S/C19H20N4O2/c24-18(10-15-12-21-13-22-15)23-8-5-19(25,6-9-23)17-3-1-2-14-11-20-7-4-16(14)17/h1-4,7,11-13,25H,5-6,8-10H2,(H,21,22). The molecular formula is C19H20N4O2. The normalized spacial score (nSPS) is 16.9. The predicted molar refractivity (Wildman–Crippen MR) is 93.7 cm³/mol. The molecule has 3 heterocycles. The molecule has 2 N–H and O–H groups in total. The van der Waals surface area contributed by atoms with Crippen LogP contribution in [0, 0.1) is 0 Å². The average molecular weight is 336 g/mol. The first kappa shape index (κ1) is 15.8. The van der Waals surface area contributed by atoms with E-state index in [1.807, 2.05) is 35.4 Å². The van der Waals surface area contributed by atoms with Crippen LogP contribution in [0.4, 0.5) is 0 Å². The lowest BCUT2D eigenvalue weighted by atomic mass is 9.82. The molecule has 0 atom stereocenters. The fraction of sp³-hybridized carbons (Fsp3) is 0.316. The van der Waals surface area contributed by atoms with Crippen molar-refractivity contribution in [1.29, 1.82) is 0 Å². The summed E-state index contributed by atoms with van der Waals surface area (Å²) in [5, 5.41) is 13.3.